The Kier molecular flexibility index (Phi) is 6.63. The van der Waals surface area contributed by atoms with E-state index in [0.29, 0.717) is 5.71 Å². The van der Waals surface area contributed by atoms with Gasteiger partial charge >= 0.3 is 0 Å². The average molecular weight is 717 g/mol. The van der Waals surface area contributed by atoms with Crippen molar-refractivity contribution >= 4 is 71.8 Å². The molecule has 4 aromatic heterocycles. The first-order valence-electron chi connectivity index (χ1n) is 19.0. The van der Waals surface area contributed by atoms with Crippen LogP contribution >= 0.6 is 0 Å². The van der Waals surface area contributed by atoms with Crippen LogP contribution in [-0.4, -0.2) is 19.1 Å². The number of fused-ring (bicyclic) bond motifs is 11. The molecule has 1 aliphatic carbocycles. The number of aromatic nitrogens is 4. The topological polar surface area (TPSA) is 48.8 Å². The zero-order valence-corrected chi connectivity index (χ0v) is 30.2. The summed E-state index contributed by atoms with van der Waals surface area (Å²) >= 11 is 0. The number of rotatable bonds is 4. The van der Waals surface area contributed by atoms with Crippen molar-refractivity contribution in [3.05, 3.63) is 187 Å². The maximum atomic E-state index is 6.29. The van der Waals surface area contributed by atoms with E-state index in [9.17, 15) is 0 Å². The summed E-state index contributed by atoms with van der Waals surface area (Å²) in [5.41, 5.74) is 14.6. The van der Waals surface area contributed by atoms with E-state index in [0.717, 1.165) is 56.3 Å². The molecule has 0 N–H and O–H groups in total. The number of hydrogen-bond donors (Lipinski definition) is 0. The van der Waals surface area contributed by atoms with Crippen LogP contribution in [0.1, 0.15) is 11.3 Å². The Morgan fingerprint density at radius 2 is 1.29 bits per heavy atom. The van der Waals surface area contributed by atoms with Crippen LogP contribution in [0.2, 0.25) is 0 Å². The highest BCUT2D eigenvalue weighted by Crippen LogP contribution is 2.39. The van der Waals surface area contributed by atoms with Gasteiger partial charge in [0.2, 0.25) is 5.71 Å². The average Bonchev–Trinajstić information content (AvgIpc) is 3.83. The molecule has 0 amide bonds. The normalized spacial score (nSPS) is 12.8. The summed E-state index contributed by atoms with van der Waals surface area (Å²) in [6.07, 6.45) is 11.5. The minimum absolute atomic E-state index is 0.546. The summed E-state index contributed by atoms with van der Waals surface area (Å²) in [4.78, 5) is 9.95. The molecule has 56 heavy (non-hydrogen) atoms. The Labute approximate surface area is 321 Å². The van der Waals surface area contributed by atoms with E-state index in [1.165, 1.54) is 55.1 Å². The SMILES string of the molecule is C1=CCc2c(c3cc(-c4ccc5c(c4)c4ccccc4n5-c4ccccc4)ccc3n2-c2cccc(-c3cnc4c(n3)oc3ccc5ccccc5c34)c2)C=C1. The van der Waals surface area contributed by atoms with Crippen molar-refractivity contribution in [2.75, 3.05) is 0 Å². The zero-order chi connectivity index (χ0) is 36.7. The number of para-hydroxylation sites is 2. The maximum Gasteiger partial charge on any atom is 0.246 e. The van der Waals surface area contributed by atoms with Crippen molar-refractivity contribution in [2.24, 2.45) is 0 Å². The van der Waals surface area contributed by atoms with Gasteiger partial charge in [-0.15, -0.1) is 0 Å². The minimum atomic E-state index is 0.546. The third-order valence-corrected chi connectivity index (χ3v) is 11.4. The lowest BCUT2D eigenvalue weighted by molar-refractivity contribution is 0.654. The van der Waals surface area contributed by atoms with Crippen molar-refractivity contribution in [1.29, 1.82) is 0 Å². The molecule has 0 saturated heterocycles. The predicted molar refractivity (Wildman–Crippen MR) is 231 cm³/mol. The second-order valence-electron chi connectivity index (χ2n) is 14.6. The van der Waals surface area contributed by atoms with E-state index in [4.69, 9.17) is 14.4 Å². The minimum Gasteiger partial charge on any atom is -0.436 e. The summed E-state index contributed by atoms with van der Waals surface area (Å²) in [6, 6.07) is 54.2. The molecule has 5 heteroatoms. The molecule has 0 spiro atoms. The Balaban J connectivity index is 0.985. The van der Waals surface area contributed by atoms with E-state index in [-0.39, 0.29) is 0 Å². The fraction of sp³-hybridized carbons (Fsp3) is 0.0196. The van der Waals surface area contributed by atoms with Gasteiger partial charge in [0.25, 0.3) is 0 Å². The Morgan fingerprint density at radius 1 is 0.536 bits per heavy atom. The van der Waals surface area contributed by atoms with Crippen molar-refractivity contribution < 1.29 is 4.42 Å². The highest BCUT2D eigenvalue weighted by Gasteiger charge is 2.20. The van der Waals surface area contributed by atoms with Crippen LogP contribution in [-0.2, 0) is 6.42 Å². The monoisotopic (exact) mass is 716 g/mol. The van der Waals surface area contributed by atoms with Crippen molar-refractivity contribution in [1.82, 2.24) is 19.1 Å². The largest absolute Gasteiger partial charge is 0.436 e. The van der Waals surface area contributed by atoms with E-state index < -0.39 is 0 Å². The van der Waals surface area contributed by atoms with Crippen LogP contribution in [0.15, 0.2) is 181 Å². The van der Waals surface area contributed by atoms with Crippen LogP contribution in [0, 0.1) is 0 Å². The lowest BCUT2D eigenvalue weighted by Gasteiger charge is -2.12. The highest BCUT2D eigenvalue weighted by molar-refractivity contribution is 6.17. The van der Waals surface area contributed by atoms with Gasteiger partial charge in [0.15, 0.2) is 0 Å². The van der Waals surface area contributed by atoms with Crippen molar-refractivity contribution in [3.8, 4) is 33.8 Å². The molecule has 0 bridgehead atoms. The molecule has 0 saturated carbocycles. The van der Waals surface area contributed by atoms with Crippen molar-refractivity contribution in [2.45, 2.75) is 6.42 Å². The smallest absolute Gasteiger partial charge is 0.246 e. The Hall–Kier alpha value is -7.50. The Morgan fingerprint density at radius 3 is 2.18 bits per heavy atom. The number of nitrogens with zero attached hydrogens (tertiary/aromatic N) is 4. The molecule has 4 heterocycles. The second-order valence-corrected chi connectivity index (χ2v) is 14.6. The summed E-state index contributed by atoms with van der Waals surface area (Å²) < 4.78 is 11.1. The number of benzene rings is 7. The lowest BCUT2D eigenvalue weighted by Crippen LogP contribution is -2.00. The quantitative estimate of drug-likeness (QED) is 0.182. The fourth-order valence-corrected chi connectivity index (χ4v) is 8.89. The van der Waals surface area contributed by atoms with Gasteiger partial charge in [-0.1, -0.05) is 115 Å². The standard InChI is InChI=1S/C51H32N4O/c1-3-14-36(15-4-1)54-44-21-10-9-19-40(44)41-29-33(22-25-46(41)54)34-23-26-47-42(30-34)39-18-5-2-6-20-45(39)55(47)37-16-11-13-35(28-37)43-31-52-50-49-38-17-8-7-12-32(38)24-27-48(49)56-51(50)53-43/h1-19,21-31H,20H2. The molecule has 0 aliphatic heterocycles. The second kappa shape index (κ2) is 12.0. The molecule has 262 valence electrons. The van der Waals surface area contributed by atoms with Gasteiger partial charge in [-0.25, -0.2) is 9.97 Å². The molecular formula is C51H32N4O. The summed E-state index contributed by atoms with van der Waals surface area (Å²) in [7, 11) is 0. The molecule has 5 nitrogen and oxygen atoms in total. The summed E-state index contributed by atoms with van der Waals surface area (Å²) in [5.74, 6) is 0. The molecule has 0 fully saturated rings. The molecule has 0 atom stereocenters. The number of furan rings is 1. The number of allylic oxidation sites excluding steroid dienone is 3. The summed E-state index contributed by atoms with van der Waals surface area (Å²) in [6.45, 7) is 0. The molecule has 11 aromatic rings. The van der Waals surface area contributed by atoms with Gasteiger partial charge < -0.3 is 13.6 Å². The first-order valence-corrected chi connectivity index (χ1v) is 19.0. The predicted octanol–water partition coefficient (Wildman–Crippen LogP) is 13.0. The zero-order valence-electron chi connectivity index (χ0n) is 30.2. The van der Waals surface area contributed by atoms with Crippen LogP contribution in [0.5, 0.6) is 0 Å². The summed E-state index contributed by atoms with van der Waals surface area (Å²) in [5, 5.41) is 7.01. The van der Waals surface area contributed by atoms with Gasteiger partial charge in [-0.2, -0.15) is 0 Å². The molecule has 1 aliphatic rings. The van der Waals surface area contributed by atoms with Crippen LogP contribution in [0.3, 0.4) is 0 Å². The molecule has 0 radical (unpaired) electrons. The Bertz CT molecular complexity index is 3450. The van der Waals surface area contributed by atoms with E-state index >= 15 is 0 Å². The van der Waals surface area contributed by atoms with Crippen LogP contribution in [0.4, 0.5) is 0 Å². The maximum absolute atomic E-state index is 6.29. The van der Waals surface area contributed by atoms with Gasteiger partial charge in [-0.05, 0) is 82.6 Å². The fourth-order valence-electron chi connectivity index (χ4n) is 8.89. The molecule has 7 aromatic carbocycles. The molecule has 0 unspecified atom stereocenters. The number of hydrogen-bond acceptors (Lipinski definition) is 3. The van der Waals surface area contributed by atoms with Gasteiger partial charge in [-0.3, -0.25) is 0 Å². The first-order chi connectivity index (χ1) is 27.8. The first kappa shape index (κ1) is 30.9. The van der Waals surface area contributed by atoms with Gasteiger partial charge in [0, 0.05) is 50.8 Å². The lowest BCUT2D eigenvalue weighted by atomic mass is 10.00. The molecule has 12 rings (SSSR count). The highest BCUT2D eigenvalue weighted by atomic mass is 16.3. The van der Waals surface area contributed by atoms with E-state index in [2.05, 4.69) is 179 Å². The van der Waals surface area contributed by atoms with Gasteiger partial charge in [0.05, 0.1) is 33.8 Å². The van der Waals surface area contributed by atoms with Crippen LogP contribution < -0.4 is 0 Å². The van der Waals surface area contributed by atoms with Gasteiger partial charge in [0.1, 0.15) is 11.1 Å². The van der Waals surface area contributed by atoms with Crippen LogP contribution in [0.25, 0.3) is 106 Å². The van der Waals surface area contributed by atoms with Crippen molar-refractivity contribution in [3.63, 3.8) is 0 Å². The van der Waals surface area contributed by atoms with E-state index in [1.807, 2.05) is 12.3 Å². The third-order valence-electron chi connectivity index (χ3n) is 11.4. The molecular weight excluding hydrogens is 685 g/mol. The third kappa shape index (κ3) is 4.61. The van der Waals surface area contributed by atoms with E-state index in [1.54, 1.807) is 0 Å².